The van der Waals surface area contributed by atoms with Crippen LogP contribution in [0.3, 0.4) is 0 Å². The van der Waals surface area contributed by atoms with Gasteiger partial charge in [0, 0.05) is 0 Å². The fourth-order valence-corrected chi connectivity index (χ4v) is 1.73. The molecule has 0 radical (unpaired) electrons. The molecule has 42 valence electrons. The van der Waals surface area contributed by atoms with Crippen LogP contribution in [0.4, 0.5) is 0 Å². The lowest BCUT2D eigenvalue weighted by molar-refractivity contribution is 0.365. The molecule has 1 aliphatic rings. The molecule has 0 saturated carbocycles. The van der Waals surface area contributed by atoms with E-state index in [1.807, 2.05) is 0 Å². The van der Waals surface area contributed by atoms with E-state index in [0.717, 1.165) is 0 Å². The zero-order chi connectivity index (χ0) is 5.33. The SMILES string of the molecule is C[P+]1(Cl)OCCO1. The van der Waals surface area contributed by atoms with Crippen LogP contribution in [-0.2, 0) is 9.05 Å². The Morgan fingerprint density at radius 2 is 1.86 bits per heavy atom. The molecule has 1 aliphatic heterocycles. The second-order valence-corrected chi connectivity index (χ2v) is 5.27. The van der Waals surface area contributed by atoms with Crippen LogP contribution in [0, 0.1) is 0 Å². The van der Waals surface area contributed by atoms with Gasteiger partial charge in [0.05, 0.1) is 0 Å². The van der Waals surface area contributed by atoms with E-state index in [4.69, 9.17) is 20.3 Å². The zero-order valence-corrected chi connectivity index (χ0v) is 5.71. The minimum atomic E-state index is -1.82. The molecular formula is C3H7ClO2P+. The summed E-state index contributed by atoms with van der Waals surface area (Å²) in [4.78, 5) is 0. The molecule has 0 aromatic carbocycles. The highest BCUT2D eigenvalue weighted by Gasteiger charge is 2.39. The molecule has 1 saturated heterocycles. The number of hydrogen-bond donors (Lipinski definition) is 0. The van der Waals surface area contributed by atoms with Crippen molar-refractivity contribution in [2.75, 3.05) is 19.9 Å². The maximum absolute atomic E-state index is 5.63. The Bertz CT molecular complexity index is 67.3. The molecule has 0 atom stereocenters. The summed E-state index contributed by atoms with van der Waals surface area (Å²) in [5, 5.41) is 0. The molecule has 0 N–H and O–H groups in total. The first-order chi connectivity index (χ1) is 3.21. The molecule has 0 aliphatic carbocycles. The minimum absolute atomic E-state index is 0.660. The van der Waals surface area contributed by atoms with Gasteiger partial charge < -0.3 is 0 Å². The lowest BCUT2D eigenvalue weighted by Gasteiger charge is -1.96. The molecule has 2 nitrogen and oxygen atoms in total. The number of halogens is 1. The Kier molecular flexibility index (Phi) is 1.54. The average Bonchev–Trinajstić information content (AvgIpc) is 1.84. The van der Waals surface area contributed by atoms with E-state index in [1.165, 1.54) is 0 Å². The molecule has 7 heavy (non-hydrogen) atoms. The van der Waals surface area contributed by atoms with Gasteiger partial charge in [-0.25, -0.2) is 0 Å². The predicted molar refractivity (Wildman–Crippen MR) is 30.6 cm³/mol. The Hall–Kier alpha value is 0.640. The fourth-order valence-electron chi connectivity index (χ4n) is 0.438. The monoisotopic (exact) mass is 141 g/mol. The molecule has 0 aromatic rings. The highest BCUT2D eigenvalue weighted by Crippen LogP contribution is 2.65. The minimum Gasteiger partial charge on any atom is -0.186 e. The molecule has 1 fully saturated rings. The lowest BCUT2D eigenvalue weighted by atomic mass is 10.8. The first-order valence-electron chi connectivity index (χ1n) is 2.06. The largest absolute Gasteiger partial charge is 0.368 e. The Morgan fingerprint density at radius 3 is 2.00 bits per heavy atom. The summed E-state index contributed by atoms with van der Waals surface area (Å²) in [6.45, 7) is 3.11. The second kappa shape index (κ2) is 1.87. The van der Waals surface area contributed by atoms with Crippen molar-refractivity contribution in [1.29, 1.82) is 0 Å². The third-order valence-electron chi connectivity index (χ3n) is 0.727. The van der Waals surface area contributed by atoms with Crippen molar-refractivity contribution >= 4 is 18.3 Å². The van der Waals surface area contributed by atoms with Crippen molar-refractivity contribution < 1.29 is 9.05 Å². The number of hydrogen-bond acceptors (Lipinski definition) is 2. The average molecular weight is 142 g/mol. The Morgan fingerprint density at radius 1 is 1.43 bits per heavy atom. The molecule has 1 heterocycles. The third-order valence-corrected chi connectivity index (χ3v) is 2.60. The van der Waals surface area contributed by atoms with Crippen molar-refractivity contribution in [2.45, 2.75) is 0 Å². The van der Waals surface area contributed by atoms with Crippen molar-refractivity contribution in [3.8, 4) is 0 Å². The van der Waals surface area contributed by atoms with Crippen LogP contribution in [0.1, 0.15) is 0 Å². The summed E-state index contributed by atoms with van der Waals surface area (Å²) in [6, 6.07) is 0. The van der Waals surface area contributed by atoms with Gasteiger partial charge in [-0.2, -0.15) is 9.05 Å². The van der Waals surface area contributed by atoms with Gasteiger partial charge in [-0.15, -0.1) is 0 Å². The van der Waals surface area contributed by atoms with Crippen LogP contribution in [0.25, 0.3) is 0 Å². The Labute approximate surface area is 48.0 Å². The first kappa shape index (κ1) is 5.77. The van der Waals surface area contributed by atoms with E-state index in [0.29, 0.717) is 13.2 Å². The van der Waals surface area contributed by atoms with Crippen LogP contribution in [0.5, 0.6) is 0 Å². The molecule has 0 bridgehead atoms. The van der Waals surface area contributed by atoms with Gasteiger partial charge >= 0.3 is 7.07 Å². The van der Waals surface area contributed by atoms with Crippen LogP contribution in [0.15, 0.2) is 0 Å². The van der Waals surface area contributed by atoms with Gasteiger partial charge in [-0.05, 0) is 0 Å². The highest BCUT2D eigenvalue weighted by atomic mass is 35.7. The van der Waals surface area contributed by atoms with Crippen LogP contribution < -0.4 is 0 Å². The highest BCUT2D eigenvalue weighted by molar-refractivity contribution is 7.91. The van der Waals surface area contributed by atoms with Gasteiger partial charge in [0.15, 0.2) is 11.2 Å². The summed E-state index contributed by atoms with van der Waals surface area (Å²) in [6.07, 6.45) is 0. The molecule has 0 amide bonds. The van der Waals surface area contributed by atoms with E-state index >= 15 is 0 Å². The molecule has 1 rings (SSSR count). The van der Waals surface area contributed by atoms with E-state index in [2.05, 4.69) is 0 Å². The van der Waals surface area contributed by atoms with Crippen molar-refractivity contribution in [1.82, 2.24) is 0 Å². The van der Waals surface area contributed by atoms with Gasteiger partial charge in [-0.3, -0.25) is 0 Å². The standard InChI is InChI=1S/C3H7ClO2P/c1-7(4)5-2-3-6-7/h2-3H2,1H3/q+1. The predicted octanol–water partition coefficient (Wildman–Crippen LogP) is 1.66. The lowest BCUT2D eigenvalue weighted by Crippen LogP contribution is -1.79. The van der Waals surface area contributed by atoms with Crippen molar-refractivity contribution in [3.63, 3.8) is 0 Å². The van der Waals surface area contributed by atoms with Gasteiger partial charge in [0.25, 0.3) is 0 Å². The quantitative estimate of drug-likeness (QED) is 0.478. The number of rotatable bonds is 0. The van der Waals surface area contributed by atoms with Gasteiger partial charge in [-0.1, -0.05) is 0 Å². The maximum Gasteiger partial charge on any atom is 0.368 e. The van der Waals surface area contributed by atoms with Crippen LogP contribution >= 0.6 is 18.3 Å². The zero-order valence-electron chi connectivity index (χ0n) is 4.06. The van der Waals surface area contributed by atoms with Crippen molar-refractivity contribution in [3.05, 3.63) is 0 Å². The molecule has 0 aromatic heterocycles. The van der Waals surface area contributed by atoms with Gasteiger partial charge in [0.1, 0.15) is 19.9 Å². The fraction of sp³-hybridized carbons (Fsp3) is 1.00. The topological polar surface area (TPSA) is 18.5 Å². The van der Waals surface area contributed by atoms with E-state index in [9.17, 15) is 0 Å². The summed E-state index contributed by atoms with van der Waals surface area (Å²) in [5.74, 6) is 0. The molecule has 0 spiro atoms. The smallest absolute Gasteiger partial charge is 0.186 e. The third kappa shape index (κ3) is 1.54. The summed E-state index contributed by atoms with van der Waals surface area (Å²) in [7, 11) is -1.82. The summed E-state index contributed by atoms with van der Waals surface area (Å²) >= 11 is 5.63. The molecule has 4 heteroatoms. The van der Waals surface area contributed by atoms with Crippen LogP contribution in [-0.4, -0.2) is 19.9 Å². The normalized spacial score (nSPS) is 28.3. The summed E-state index contributed by atoms with van der Waals surface area (Å²) < 4.78 is 9.99. The van der Waals surface area contributed by atoms with Gasteiger partial charge in [0.2, 0.25) is 0 Å². The molecular weight excluding hydrogens is 134 g/mol. The first-order valence-corrected chi connectivity index (χ1v) is 5.04. The second-order valence-electron chi connectivity index (χ2n) is 1.41. The maximum atomic E-state index is 5.63. The van der Waals surface area contributed by atoms with E-state index in [-0.39, 0.29) is 0 Å². The van der Waals surface area contributed by atoms with E-state index in [1.54, 1.807) is 6.66 Å². The Balaban J connectivity index is 2.40. The molecule has 0 unspecified atom stereocenters. The van der Waals surface area contributed by atoms with E-state index < -0.39 is 7.07 Å². The summed E-state index contributed by atoms with van der Waals surface area (Å²) in [5.41, 5.74) is 0. The van der Waals surface area contributed by atoms with Crippen LogP contribution in [0.2, 0.25) is 0 Å². The van der Waals surface area contributed by atoms with Crippen molar-refractivity contribution in [2.24, 2.45) is 0 Å².